The van der Waals surface area contributed by atoms with E-state index in [-0.39, 0.29) is 5.91 Å². The molecule has 21 heavy (non-hydrogen) atoms. The molecule has 0 radical (unpaired) electrons. The summed E-state index contributed by atoms with van der Waals surface area (Å²) in [6, 6.07) is 5.34. The molecule has 1 aromatic rings. The third-order valence-electron chi connectivity index (χ3n) is 4.04. The standard InChI is InChI=1S/C16H22N2O3/c19-16(18-7-5-12-2-1-6-17-11-12)13-3-4-14-15(10-13)21-9-8-20-14/h3-4,10,12,17H,1-2,5-9,11H2,(H,18,19). The molecular formula is C16H22N2O3. The molecule has 1 fully saturated rings. The van der Waals surface area contributed by atoms with Crippen molar-refractivity contribution >= 4 is 5.91 Å². The Hall–Kier alpha value is -1.75. The second-order valence-corrected chi connectivity index (χ2v) is 5.62. The Morgan fingerprint density at radius 1 is 1.29 bits per heavy atom. The Bertz CT molecular complexity index is 498. The van der Waals surface area contributed by atoms with E-state index in [1.165, 1.54) is 12.8 Å². The maximum atomic E-state index is 12.1. The molecule has 0 bridgehead atoms. The third-order valence-corrected chi connectivity index (χ3v) is 4.04. The average molecular weight is 290 g/mol. The van der Waals surface area contributed by atoms with Gasteiger partial charge in [0.15, 0.2) is 11.5 Å². The normalized spacial score (nSPS) is 20.9. The van der Waals surface area contributed by atoms with Crippen LogP contribution < -0.4 is 20.1 Å². The third kappa shape index (κ3) is 3.67. The van der Waals surface area contributed by atoms with Gasteiger partial charge in [-0.2, -0.15) is 0 Å². The van der Waals surface area contributed by atoms with Crippen LogP contribution in [0.1, 0.15) is 29.6 Å². The monoisotopic (exact) mass is 290 g/mol. The smallest absolute Gasteiger partial charge is 0.251 e. The van der Waals surface area contributed by atoms with Crippen molar-refractivity contribution in [3.05, 3.63) is 23.8 Å². The van der Waals surface area contributed by atoms with Gasteiger partial charge in [0.1, 0.15) is 13.2 Å². The quantitative estimate of drug-likeness (QED) is 0.884. The molecule has 0 saturated carbocycles. The highest BCUT2D eigenvalue weighted by Gasteiger charge is 2.16. The van der Waals surface area contributed by atoms with E-state index in [0.717, 1.165) is 26.1 Å². The second kappa shape index (κ2) is 6.80. The lowest BCUT2D eigenvalue weighted by Gasteiger charge is -2.22. The van der Waals surface area contributed by atoms with Gasteiger partial charge >= 0.3 is 0 Å². The number of piperidine rings is 1. The summed E-state index contributed by atoms with van der Waals surface area (Å²) >= 11 is 0. The highest BCUT2D eigenvalue weighted by atomic mass is 16.6. The Kier molecular flexibility index (Phi) is 4.60. The van der Waals surface area contributed by atoms with Crippen molar-refractivity contribution in [2.75, 3.05) is 32.8 Å². The van der Waals surface area contributed by atoms with Gasteiger partial charge in [-0.3, -0.25) is 4.79 Å². The number of hydrogen-bond donors (Lipinski definition) is 2. The summed E-state index contributed by atoms with van der Waals surface area (Å²) in [7, 11) is 0. The summed E-state index contributed by atoms with van der Waals surface area (Å²) in [6.07, 6.45) is 3.52. The molecule has 1 aromatic carbocycles. The van der Waals surface area contributed by atoms with Crippen molar-refractivity contribution in [1.82, 2.24) is 10.6 Å². The van der Waals surface area contributed by atoms with Crippen LogP contribution in [-0.2, 0) is 0 Å². The SMILES string of the molecule is O=C(NCCC1CCCNC1)c1ccc2c(c1)OCCO2. The molecule has 114 valence electrons. The first-order valence-corrected chi connectivity index (χ1v) is 7.71. The predicted octanol–water partition coefficient (Wildman–Crippen LogP) is 1.58. The molecule has 5 nitrogen and oxygen atoms in total. The number of nitrogens with one attached hydrogen (secondary N) is 2. The van der Waals surface area contributed by atoms with Crippen molar-refractivity contribution in [3.8, 4) is 11.5 Å². The molecule has 3 rings (SSSR count). The fourth-order valence-corrected chi connectivity index (χ4v) is 2.85. The Morgan fingerprint density at radius 2 is 2.14 bits per heavy atom. The van der Waals surface area contributed by atoms with Crippen LogP contribution in [-0.4, -0.2) is 38.8 Å². The van der Waals surface area contributed by atoms with E-state index >= 15 is 0 Å². The van der Waals surface area contributed by atoms with Crippen LogP contribution in [0.5, 0.6) is 11.5 Å². The first-order chi connectivity index (χ1) is 10.3. The van der Waals surface area contributed by atoms with Gasteiger partial charge in [-0.05, 0) is 56.5 Å². The van der Waals surface area contributed by atoms with Crippen LogP contribution in [0.4, 0.5) is 0 Å². The summed E-state index contributed by atoms with van der Waals surface area (Å²) in [6.45, 7) is 4.01. The van der Waals surface area contributed by atoms with E-state index in [9.17, 15) is 4.79 Å². The molecule has 0 aromatic heterocycles. The number of benzene rings is 1. The van der Waals surface area contributed by atoms with Crippen LogP contribution in [0.2, 0.25) is 0 Å². The molecule has 1 saturated heterocycles. The number of carbonyl (C=O) groups excluding carboxylic acids is 1. The zero-order valence-electron chi connectivity index (χ0n) is 12.2. The largest absolute Gasteiger partial charge is 0.486 e. The summed E-state index contributed by atoms with van der Waals surface area (Å²) in [4.78, 5) is 12.1. The number of carbonyl (C=O) groups is 1. The van der Waals surface area contributed by atoms with E-state index in [1.807, 2.05) is 0 Å². The van der Waals surface area contributed by atoms with E-state index in [1.54, 1.807) is 18.2 Å². The van der Waals surface area contributed by atoms with Crippen molar-refractivity contribution in [3.63, 3.8) is 0 Å². The molecular weight excluding hydrogens is 268 g/mol. The highest BCUT2D eigenvalue weighted by molar-refractivity contribution is 5.94. The summed E-state index contributed by atoms with van der Waals surface area (Å²) < 4.78 is 11.0. The summed E-state index contributed by atoms with van der Waals surface area (Å²) in [5.74, 6) is 2.01. The van der Waals surface area contributed by atoms with Crippen molar-refractivity contribution < 1.29 is 14.3 Å². The Balaban J connectivity index is 1.50. The van der Waals surface area contributed by atoms with Gasteiger partial charge in [0, 0.05) is 12.1 Å². The van der Waals surface area contributed by atoms with Crippen molar-refractivity contribution in [2.45, 2.75) is 19.3 Å². The minimum Gasteiger partial charge on any atom is -0.486 e. The summed E-state index contributed by atoms with van der Waals surface area (Å²) in [5.41, 5.74) is 0.626. The maximum Gasteiger partial charge on any atom is 0.251 e. The number of amides is 1. The van der Waals surface area contributed by atoms with Gasteiger partial charge in [0.05, 0.1) is 0 Å². The lowest BCUT2D eigenvalue weighted by molar-refractivity contribution is 0.0949. The van der Waals surface area contributed by atoms with Gasteiger partial charge in [-0.15, -0.1) is 0 Å². The minimum atomic E-state index is -0.0456. The van der Waals surface area contributed by atoms with Crippen molar-refractivity contribution in [1.29, 1.82) is 0 Å². The minimum absolute atomic E-state index is 0.0456. The Labute approximate surface area is 125 Å². The molecule has 0 aliphatic carbocycles. The predicted molar refractivity (Wildman–Crippen MR) is 80.0 cm³/mol. The maximum absolute atomic E-state index is 12.1. The molecule has 5 heteroatoms. The molecule has 2 heterocycles. The van der Waals surface area contributed by atoms with Gasteiger partial charge < -0.3 is 20.1 Å². The number of hydrogen-bond acceptors (Lipinski definition) is 4. The van der Waals surface area contributed by atoms with Gasteiger partial charge in [-0.25, -0.2) is 0 Å². The van der Waals surface area contributed by atoms with Gasteiger partial charge in [0.2, 0.25) is 0 Å². The van der Waals surface area contributed by atoms with Crippen LogP contribution in [0.3, 0.4) is 0 Å². The average Bonchev–Trinajstić information content (AvgIpc) is 2.55. The topological polar surface area (TPSA) is 59.6 Å². The first-order valence-electron chi connectivity index (χ1n) is 7.71. The van der Waals surface area contributed by atoms with Gasteiger partial charge in [-0.1, -0.05) is 0 Å². The zero-order valence-corrected chi connectivity index (χ0v) is 12.2. The van der Waals surface area contributed by atoms with E-state index < -0.39 is 0 Å². The number of fused-ring (bicyclic) bond motifs is 1. The van der Waals surface area contributed by atoms with E-state index in [4.69, 9.17) is 9.47 Å². The van der Waals surface area contributed by atoms with Crippen molar-refractivity contribution in [2.24, 2.45) is 5.92 Å². The van der Waals surface area contributed by atoms with Crippen LogP contribution in [0.15, 0.2) is 18.2 Å². The lowest BCUT2D eigenvalue weighted by atomic mass is 9.96. The number of rotatable bonds is 4. The fraction of sp³-hybridized carbons (Fsp3) is 0.562. The van der Waals surface area contributed by atoms with Crippen LogP contribution >= 0.6 is 0 Å². The molecule has 2 aliphatic heterocycles. The first kappa shape index (κ1) is 14.2. The molecule has 1 atom stereocenters. The fourth-order valence-electron chi connectivity index (χ4n) is 2.85. The highest BCUT2D eigenvalue weighted by Crippen LogP contribution is 2.30. The molecule has 0 spiro atoms. The summed E-state index contributed by atoms with van der Waals surface area (Å²) in [5, 5.41) is 6.39. The molecule has 1 amide bonds. The molecule has 2 N–H and O–H groups in total. The van der Waals surface area contributed by atoms with Crippen LogP contribution in [0.25, 0.3) is 0 Å². The number of ether oxygens (including phenoxy) is 2. The zero-order chi connectivity index (χ0) is 14.5. The molecule has 2 aliphatic rings. The lowest BCUT2D eigenvalue weighted by Crippen LogP contribution is -2.33. The second-order valence-electron chi connectivity index (χ2n) is 5.62. The Morgan fingerprint density at radius 3 is 2.95 bits per heavy atom. The van der Waals surface area contributed by atoms with E-state index in [0.29, 0.717) is 36.2 Å². The van der Waals surface area contributed by atoms with Crippen LogP contribution in [0, 0.1) is 5.92 Å². The van der Waals surface area contributed by atoms with E-state index in [2.05, 4.69) is 10.6 Å². The van der Waals surface area contributed by atoms with Gasteiger partial charge in [0.25, 0.3) is 5.91 Å². The molecule has 1 unspecified atom stereocenters.